The van der Waals surface area contributed by atoms with E-state index in [4.69, 9.17) is 31.5 Å². The van der Waals surface area contributed by atoms with Crippen LogP contribution in [0.4, 0.5) is 0 Å². The molecule has 1 aromatic carbocycles. The van der Waals surface area contributed by atoms with Gasteiger partial charge < -0.3 is 25.3 Å². The van der Waals surface area contributed by atoms with Crippen molar-refractivity contribution in [3.8, 4) is 11.5 Å². The number of amides is 1. The molecule has 0 aromatic heterocycles. The molecule has 0 spiro atoms. The van der Waals surface area contributed by atoms with E-state index >= 15 is 0 Å². The molecule has 0 aliphatic carbocycles. The topological polar surface area (TPSA) is 82.8 Å². The Morgan fingerprint density at radius 3 is 2.64 bits per heavy atom. The van der Waals surface area contributed by atoms with Gasteiger partial charge in [0.2, 0.25) is 5.91 Å². The van der Waals surface area contributed by atoms with E-state index in [-0.39, 0.29) is 18.3 Å². The zero-order valence-electron chi connectivity index (χ0n) is 14.0. The lowest BCUT2D eigenvalue weighted by atomic mass is 9.79. The lowest BCUT2D eigenvalue weighted by molar-refractivity contribution is -0.136. The highest BCUT2D eigenvalue weighted by molar-refractivity contribution is 6.32. The third kappa shape index (κ3) is 4.50. The molecule has 3 rings (SSSR count). The summed E-state index contributed by atoms with van der Waals surface area (Å²) < 4.78 is 16.6. The van der Waals surface area contributed by atoms with Crippen LogP contribution in [0.2, 0.25) is 5.02 Å². The van der Waals surface area contributed by atoms with Gasteiger partial charge in [-0.05, 0) is 30.5 Å². The van der Waals surface area contributed by atoms with Crippen LogP contribution in [0.15, 0.2) is 12.1 Å². The first kappa shape index (κ1) is 20.1. The molecule has 25 heavy (non-hydrogen) atoms. The molecule has 3 N–H and O–H groups in total. The maximum Gasteiger partial charge on any atom is 0.227 e. The lowest BCUT2D eigenvalue weighted by Gasteiger charge is -2.34. The number of hydrogen-bond donors (Lipinski definition) is 2. The summed E-state index contributed by atoms with van der Waals surface area (Å²) in [4.78, 5) is 12.6. The molecule has 2 heterocycles. The molecule has 140 valence electrons. The summed E-state index contributed by atoms with van der Waals surface area (Å²) in [6.07, 6.45) is 2.12. The second-order valence-corrected chi connectivity index (χ2v) is 6.64. The Morgan fingerprint density at radius 1 is 1.20 bits per heavy atom. The average Bonchev–Trinajstić information content (AvgIpc) is 2.86. The van der Waals surface area contributed by atoms with Crippen LogP contribution in [0.1, 0.15) is 24.8 Å². The summed E-state index contributed by atoms with van der Waals surface area (Å²) >= 11 is 6.28. The number of hydrogen-bond acceptors (Lipinski definition) is 5. The van der Waals surface area contributed by atoms with Crippen LogP contribution in [-0.4, -0.2) is 38.9 Å². The first-order valence-electron chi connectivity index (χ1n) is 8.29. The van der Waals surface area contributed by atoms with Crippen LogP contribution in [0, 0.1) is 5.41 Å². The molecule has 0 unspecified atom stereocenters. The van der Waals surface area contributed by atoms with Gasteiger partial charge in [-0.25, -0.2) is 0 Å². The summed E-state index contributed by atoms with van der Waals surface area (Å²) in [7, 11) is 0. The van der Waals surface area contributed by atoms with Crippen molar-refractivity contribution in [1.82, 2.24) is 5.32 Å². The molecule has 1 fully saturated rings. The van der Waals surface area contributed by atoms with Gasteiger partial charge in [-0.1, -0.05) is 11.6 Å². The molecule has 0 radical (unpaired) electrons. The number of fused-ring (bicyclic) bond motifs is 1. The van der Waals surface area contributed by atoms with Gasteiger partial charge in [-0.2, -0.15) is 0 Å². The summed E-state index contributed by atoms with van der Waals surface area (Å²) in [5.74, 6) is 1.17. The van der Waals surface area contributed by atoms with Gasteiger partial charge in [0.15, 0.2) is 11.5 Å². The Labute approximate surface area is 158 Å². The van der Waals surface area contributed by atoms with E-state index in [1.165, 1.54) is 0 Å². The number of nitrogens with one attached hydrogen (secondary N) is 1. The van der Waals surface area contributed by atoms with Crippen LogP contribution in [0.5, 0.6) is 11.5 Å². The van der Waals surface area contributed by atoms with Crippen LogP contribution in [-0.2, 0) is 16.1 Å². The number of nitrogens with two attached hydrogens (primary N) is 1. The second-order valence-electron chi connectivity index (χ2n) is 6.23. The Kier molecular flexibility index (Phi) is 7.19. The van der Waals surface area contributed by atoms with Gasteiger partial charge in [0.1, 0.15) is 0 Å². The third-order valence-corrected chi connectivity index (χ3v) is 4.92. The second kappa shape index (κ2) is 8.94. The van der Waals surface area contributed by atoms with Crippen molar-refractivity contribution >= 4 is 29.9 Å². The molecule has 6 nitrogen and oxygen atoms in total. The summed E-state index contributed by atoms with van der Waals surface area (Å²) in [6, 6.07) is 3.67. The molecule has 0 saturated carbocycles. The highest BCUT2D eigenvalue weighted by Crippen LogP contribution is 2.38. The number of carbonyl (C=O) groups is 1. The molecule has 1 aromatic rings. The number of carbonyl (C=O) groups excluding carboxylic acids is 1. The quantitative estimate of drug-likeness (QED) is 0.823. The Balaban J connectivity index is 0.00000225. The Morgan fingerprint density at radius 2 is 1.92 bits per heavy atom. The summed E-state index contributed by atoms with van der Waals surface area (Å²) in [5, 5.41) is 3.48. The van der Waals surface area contributed by atoms with Gasteiger partial charge in [-0.15, -0.1) is 12.4 Å². The molecule has 2 aliphatic heterocycles. The van der Waals surface area contributed by atoms with E-state index < -0.39 is 5.41 Å². The normalized spacial score (nSPS) is 18.6. The van der Waals surface area contributed by atoms with E-state index in [1.807, 2.05) is 6.07 Å². The van der Waals surface area contributed by atoms with Gasteiger partial charge in [-0.3, -0.25) is 4.79 Å². The lowest BCUT2D eigenvalue weighted by Crippen LogP contribution is -2.48. The zero-order chi connectivity index (χ0) is 17.0. The molecular weight excluding hydrogens is 367 g/mol. The minimum atomic E-state index is -0.534. The van der Waals surface area contributed by atoms with E-state index in [1.54, 1.807) is 6.07 Å². The van der Waals surface area contributed by atoms with E-state index in [2.05, 4.69) is 5.32 Å². The minimum Gasteiger partial charge on any atom is -0.489 e. The first-order chi connectivity index (χ1) is 11.6. The summed E-state index contributed by atoms with van der Waals surface area (Å²) in [5.41, 5.74) is 6.20. The molecule has 2 aliphatic rings. The average molecular weight is 391 g/mol. The van der Waals surface area contributed by atoms with Gasteiger partial charge in [0.25, 0.3) is 0 Å². The Bertz CT molecular complexity index is 607. The van der Waals surface area contributed by atoms with Crippen molar-refractivity contribution < 1.29 is 19.0 Å². The molecule has 0 bridgehead atoms. The van der Waals surface area contributed by atoms with Gasteiger partial charge in [0.05, 0.1) is 23.7 Å². The van der Waals surface area contributed by atoms with Crippen molar-refractivity contribution in [1.29, 1.82) is 0 Å². The van der Waals surface area contributed by atoms with Crippen LogP contribution in [0.25, 0.3) is 0 Å². The van der Waals surface area contributed by atoms with Crippen molar-refractivity contribution in [2.45, 2.75) is 25.8 Å². The number of rotatable bonds is 4. The highest BCUT2D eigenvalue weighted by atomic mass is 35.5. The van der Waals surface area contributed by atoms with Crippen molar-refractivity contribution in [3.63, 3.8) is 0 Å². The molecule has 1 saturated heterocycles. The number of ether oxygens (including phenoxy) is 3. The molecular formula is C17H24Cl2N2O4. The minimum absolute atomic E-state index is 0. The van der Waals surface area contributed by atoms with Crippen LogP contribution in [0.3, 0.4) is 0 Å². The maximum atomic E-state index is 12.6. The van der Waals surface area contributed by atoms with Crippen molar-refractivity contribution in [2.24, 2.45) is 11.1 Å². The first-order valence-corrected chi connectivity index (χ1v) is 8.66. The van der Waals surface area contributed by atoms with Crippen molar-refractivity contribution in [3.05, 3.63) is 22.7 Å². The van der Waals surface area contributed by atoms with Crippen LogP contribution < -0.4 is 20.5 Å². The fourth-order valence-corrected chi connectivity index (χ4v) is 3.33. The standard InChI is InChI=1S/C17H23ClN2O4.ClH/c18-13-8-12(9-14-15(13)24-5-1-4-23-14)10-20-16(21)17(11-19)2-6-22-7-3-17;/h8-9H,1-7,10-11,19H2,(H,20,21);1H. The monoisotopic (exact) mass is 390 g/mol. The predicted octanol–water partition coefficient (Wildman–Crippen LogP) is 2.29. The van der Waals surface area contributed by atoms with Gasteiger partial charge in [0, 0.05) is 32.7 Å². The fraction of sp³-hybridized carbons (Fsp3) is 0.588. The smallest absolute Gasteiger partial charge is 0.227 e. The maximum absolute atomic E-state index is 12.6. The third-order valence-electron chi connectivity index (χ3n) is 4.64. The molecule has 8 heteroatoms. The number of halogens is 2. The predicted molar refractivity (Wildman–Crippen MR) is 97.7 cm³/mol. The van der Waals surface area contributed by atoms with Gasteiger partial charge >= 0.3 is 0 Å². The molecule has 1 amide bonds. The van der Waals surface area contributed by atoms with E-state index in [0.29, 0.717) is 68.9 Å². The van der Waals surface area contributed by atoms with E-state index in [9.17, 15) is 4.79 Å². The summed E-state index contributed by atoms with van der Waals surface area (Å²) in [6.45, 7) is 3.02. The SMILES string of the molecule is Cl.NCC1(C(=O)NCc2cc(Cl)c3c(c2)OCCCO3)CCOCC1. The van der Waals surface area contributed by atoms with E-state index in [0.717, 1.165) is 12.0 Å². The highest BCUT2D eigenvalue weighted by Gasteiger charge is 2.38. The van der Waals surface area contributed by atoms with Crippen molar-refractivity contribution in [2.75, 3.05) is 33.0 Å². The zero-order valence-corrected chi connectivity index (χ0v) is 15.6. The van der Waals surface area contributed by atoms with Crippen LogP contribution >= 0.6 is 24.0 Å². The largest absolute Gasteiger partial charge is 0.489 e. The fourth-order valence-electron chi connectivity index (χ4n) is 3.04. The number of benzene rings is 1. The Hall–Kier alpha value is -1.21. The molecule has 0 atom stereocenters.